The summed E-state index contributed by atoms with van der Waals surface area (Å²) < 4.78 is 11.6. The second-order valence-corrected chi connectivity index (χ2v) is 5.66. The normalized spacial score (nSPS) is 12.0. The molecule has 0 radical (unpaired) electrons. The van der Waals surface area contributed by atoms with E-state index in [0.717, 1.165) is 27.1 Å². The quantitative estimate of drug-likeness (QED) is 0.622. The van der Waals surface area contributed by atoms with Gasteiger partial charge in [0.25, 0.3) is 0 Å². The predicted molar refractivity (Wildman–Crippen MR) is 87.9 cm³/mol. The zero-order valence-electron chi connectivity index (χ0n) is 11.7. The molecule has 1 atom stereocenters. The first-order chi connectivity index (χ1) is 10.1. The summed E-state index contributed by atoms with van der Waals surface area (Å²) in [7, 11) is 3.24. The number of nitrogens with two attached hydrogens (primary N) is 1. The van der Waals surface area contributed by atoms with E-state index in [9.17, 15) is 0 Å². The van der Waals surface area contributed by atoms with Crippen molar-refractivity contribution in [2.45, 2.75) is 6.04 Å². The molecule has 2 aromatic rings. The average Bonchev–Trinajstić information content (AvgIpc) is 2.49. The third-order valence-corrected chi connectivity index (χ3v) is 4.11. The van der Waals surface area contributed by atoms with Crippen molar-refractivity contribution in [2.24, 2.45) is 5.84 Å². The van der Waals surface area contributed by atoms with Gasteiger partial charge < -0.3 is 9.47 Å². The minimum Gasteiger partial charge on any atom is -0.497 e. The van der Waals surface area contributed by atoms with Gasteiger partial charge in [-0.3, -0.25) is 5.84 Å². The van der Waals surface area contributed by atoms with Crippen molar-refractivity contribution < 1.29 is 9.47 Å². The fourth-order valence-corrected chi connectivity index (χ4v) is 3.06. The van der Waals surface area contributed by atoms with Gasteiger partial charge in [0.2, 0.25) is 0 Å². The topological polar surface area (TPSA) is 56.5 Å². The molecule has 1 unspecified atom stereocenters. The molecule has 3 N–H and O–H groups in total. The molecule has 4 nitrogen and oxygen atoms in total. The maximum absolute atomic E-state index is 5.99. The second kappa shape index (κ2) is 7.13. The van der Waals surface area contributed by atoms with Crippen LogP contribution in [-0.4, -0.2) is 14.2 Å². The van der Waals surface area contributed by atoms with Gasteiger partial charge in [0.1, 0.15) is 11.5 Å². The lowest BCUT2D eigenvalue weighted by atomic mass is 9.98. The molecule has 0 saturated heterocycles. The molecule has 2 rings (SSSR count). The summed E-state index contributed by atoms with van der Waals surface area (Å²) in [4.78, 5) is 0. The van der Waals surface area contributed by atoms with Gasteiger partial charge in [0.15, 0.2) is 0 Å². The van der Waals surface area contributed by atoms with E-state index in [1.165, 1.54) is 0 Å². The SMILES string of the molecule is COc1ccc(OC)c(C(NN)c2ccc(Cl)cc2Br)c1. The number of rotatable bonds is 5. The number of ether oxygens (including phenoxy) is 2. The van der Waals surface area contributed by atoms with E-state index in [1.54, 1.807) is 14.2 Å². The third-order valence-electron chi connectivity index (χ3n) is 3.19. The lowest BCUT2D eigenvalue weighted by Crippen LogP contribution is -2.29. The Morgan fingerprint density at radius 3 is 2.43 bits per heavy atom. The fourth-order valence-electron chi connectivity index (χ4n) is 2.15. The van der Waals surface area contributed by atoms with Crippen LogP contribution in [-0.2, 0) is 0 Å². The first-order valence-electron chi connectivity index (χ1n) is 6.23. The summed E-state index contributed by atoms with van der Waals surface area (Å²) in [6.45, 7) is 0. The van der Waals surface area contributed by atoms with Gasteiger partial charge in [-0.25, -0.2) is 5.43 Å². The Morgan fingerprint density at radius 2 is 1.86 bits per heavy atom. The lowest BCUT2D eigenvalue weighted by Gasteiger charge is -2.21. The van der Waals surface area contributed by atoms with E-state index in [4.69, 9.17) is 26.9 Å². The van der Waals surface area contributed by atoms with Crippen LogP contribution in [0.4, 0.5) is 0 Å². The summed E-state index contributed by atoms with van der Waals surface area (Å²) in [5.41, 5.74) is 4.64. The van der Waals surface area contributed by atoms with Gasteiger partial charge >= 0.3 is 0 Å². The van der Waals surface area contributed by atoms with Gasteiger partial charge in [-0.05, 0) is 35.9 Å². The second-order valence-electron chi connectivity index (χ2n) is 4.37. The Balaban J connectivity index is 2.54. The third kappa shape index (κ3) is 3.49. The number of hydrazine groups is 1. The number of benzene rings is 2. The van der Waals surface area contributed by atoms with Crippen LogP contribution in [0.15, 0.2) is 40.9 Å². The van der Waals surface area contributed by atoms with Crippen LogP contribution in [0, 0.1) is 0 Å². The van der Waals surface area contributed by atoms with Crippen molar-refractivity contribution in [1.82, 2.24) is 5.43 Å². The van der Waals surface area contributed by atoms with Gasteiger partial charge in [0, 0.05) is 15.1 Å². The standard InChI is InChI=1S/C15H16BrClN2O2/c1-20-10-4-6-14(21-2)12(8-10)15(19-18)11-5-3-9(17)7-13(11)16/h3-8,15,19H,18H2,1-2H3. The molecule has 0 aliphatic heterocycles. The number of hydrogen-bond donors (Lipinski definition) is 2. The number of methoxy groups -OCH3 is 2. The van der Waals surface area contributed by atoms with E-state index < -0.39 is 0 Å². The van der Waals surface area contributed by atoms with Crippen LogP contribution in [0.25, 0.3) is 0 Å². The molecule has 0 aliphatic rings. The molecule has 112 valence electrons. The minimum atomic E-state index is -0.262. The highest BCUT2D eigenvalue weighted by molar-refractivity contribution is 9.10. The van der Waals surface area contributed by atoms with Gasteiger partial charge in [-0.15, -0.1) is 0 Å². The van der Waals surface area contributed by atoms with E-state index in [1.807, 2.05) is 36.4 Å². The Morgan fingerprint density at radius 1 is 1.10 bits per heavy atom. The van der Waals surface area contributed by atoms with Crippen LogP contribution in [0.1, 0.15) is 17.2 Å². The Kier molecular flexibility index (Phi) is 5.47. The summed E-state index contributed by atoms with van der Waals surface area (Å²) in [6.07, 6.45) is 0. The highest BCUT2D eigenvalue weighted by Gasteiger charge is 2.20. The molecule has 21 heavy (non-hydrogen) atoms. The maximum Gasteiger partial charge on any atom is 0.124 e. The molecule has 0 saturated carbocycles. The van der Waals surface area contributed by atoms with Crippen molar-refractivity contribution in [2.75, 3.05) is 14.2 Å². The summed E-state index contributed by atoms with van der Waals surface area (Å²) >= 11 is 9.51. The van der Waals surface area contributed by atoms with Gasteiger partial charge in [-0.2, -0.15) is 0 Å². The number of halogens is 2. The van der Waals surface area contributed by atoms with Crippen molar-refractivity contribution in [1.29, 1.82) is 0 Å². The Bertz CT molecular complexity index is 637. The van der Waals surface area contributed by atoms with Crippen LogP contribution >= 0.6 is 27.5 Å². The van der Waals surface area contributed by atoms with Crippen molar-refractivity contribution in [3.8, 4) is 11.5 Å². The molecule has 0 aromatic heterocycles. The average molecular weight is 372 g/mol. The summed E-state index contributed by atoms with van der Waals surface area (Å²) in [5, 5.41) is 0.652. The van der Waals surface area contributed by atoms with Gasteiger partial charge in [-0.1, -0.05) is 33.6 Å². The molecular formula is C15H16BrClN2O2. The lowest BCUT2D eigenvalue weighted by molar-refractivity contribution is 0.394. The largest absolute Gasteiger partial charge is 0.497 e. The smallest absolute Gasteiger partial charge is 0.124 e. The molecule has 0 aliphatic carbocycles. The Labute approximate surface area is 137 Å². The molecule has 0 fully saturated rings. The molecule has 0 amide bonds. The summed E-state index contributed by atoms with van der Waals surface area (Å²) in [6, 6.07) is 10.9. The molecular weight excluding hydrogens is 356 g/mol. The van der Waals surface area contributed by atoms with E-state index in [2.05, 4.69) is 21.4 Å². The van der Waals surface area contributed by atoms with Crippen molar-refractivity contribution >= 4 is 27.5 Å². The van der Waals surface area contributed by atoms with Crippen molar-refractivity contribution in [3.63, 3.8) is 0 Å². The van der Waals surface area contributed by atoms with Crippen LogP contribution < -0.4 is 20.7 Å². The predicted octanol–water partition coefficient (Wildman–Crippen LogP) is 3.67. The molecule has 6 heteroatoms. The number of nitrogens with one attached hydrogen (secondary N) is 1. The Hall–Kier alpha value is -1.27. The first kappa shape index (κ1) is 16.1. The van der Waals surface area contributed by atoms with Crippen LogP contribution in [0.3, 0.4) is 0 Å². The minimum absolute atomic E-state index is 0.262. The van der Waals surface area contributed by atoms with E-state index >= 15 is 0 Å². The summed E-state index contributed by atoms with van der Waals surface area (Å²) in [5.74, 6) is 7.21. The monoisotopic (exact) mass is 370 g/mol. The molecule has 0 heterocycles. The van der Waals surface area contributed by atoms with Crippen molar-refractivity contribution in [3.05, 3.63) is 57.0 Å². The maximum atomic E-state index is 5.99. The zero-order chi connectivity index (χ0) is 15.4. The first-order valence-corrected chi connectivity index (χ1v) is 7.40. The van der Waals surface area contributed by atoms with Gasteiger partial charge in [0.05, 0.1) is 20.3 Å². The van der Waals surface area contributed by atoms with Crippen LogP contribution in [0.5, 0.6) is 11.5 Å². The highest BCUT2D eigenvalue weighted by atomic mass is 79.9. The molecule has 2 aromatic carbocycles. The molecule has 0 spiro atoms. The fraction of sp³-hybridized carbons (Fsp3) is 0.200. The van der Waals surface area contributed by atoms with E-state index in [0.29, 0.717) is 5.02 Å². The molecule has 0 bridgehead atoms. The zero-order valence-corrected chi connectivity index (χ0v) is 14.0. The number of hydrogen-bond acceptors (Lipinski definition) is 4. The van der Waals surface area contributed by atoms with E-state index in [-0.39, 0.29) is 6.04 Å². The highest BCUT2D eigenvalue weighted by Crippen LogP contribution is 2.36. The van der Waals surface area contributed by atoms with Crippen LogP contribution in [0.2, 0.25) is 5.02 Å².